The molecule has 206 valence electrons. The first-order chi connectivity index (χ1) is 19.0. The molecular weight excluding hydrogens is 484 g/mol. The van der Waals surface area contributed by atoms with Crippen LogP contribution in [-0.2, 0) is 20.6 Å². The van der Waals surface area contributed by atoms with Gasteiger partial charge in [0.2, 0.25) is 12.2 Å². The standard InChI is InChI=1S/C26H38N2O9/c1-7-33-26(32)34-13-20-21(29)22(30)23(31)25(36-20)37-24-19(16(6)28(27-24)14(2)3)12-17-8-10-18(11-9-17)35-15(4)5/h8-11,14-15,20-23,25,29-31H,7,12-13H2,1-6H3/t20-,21-,22+,23-,25+/m1/s1/i6D3,15D. The lowest BCUT2D eigenvalue weighted by Crippen LogP contribution is -2.60. The molecule has 0 unspecified atom stereocenters. The van der Waals surface area contributed by atoms with Crippen molar-refractivity contribution in [3.05, 3.63) is 41.1 Å². The Hall–Kier alpha value is -2.86. The highest BCUT2D eigenvalue weighted by molar-refractivity contribution is 5.59. The molecule has 0 amide bonds. The van der Waals surface area contributed by atoms with Crippen LogP contribution >= 0.6 is 0 Å². The molecule has 0 saturated carbocycles. The van der Waals surface area contributed by atoms with Crippen LogP contribution < -0.4 is 9.47 Å². The number of hydrogen-bond acceptors (Lipinski definition) is 10. The Balaban J connectivity index is 1.95. The quantitative estimate of drug-likeness (QED) is 0.395. The van der Waals surface area contributed by atoms with Crippen molar-refractivity contribution < 1.29 is 49.3 Å². The van der Waals surface area contributed by atoms with Crippen molar-refractivity contribution in [3.63, 3.8) is 0 Å². The molecule has 1 aromatic heterocycles. The van der Waals surface area contributed by atoms with Gasteiger partial charge in [-0.25, -0.2) is 4.79 Å². The van der Waals surface area contributed by atoms with E-state index in [1.807, 2.05) is 0 Å². The molecule has 5 atom stereocenters. The fraction of sp³-hybridized carbons (Fsp3) is 0.615. The third kappa shape index (κ3) is 7.13. The number of aliphatic hydroxyl groups excluding tert-OH is 3. The minimum Gasteiger partial charge on any atom is -0.491 e. The van der Waals surface area contributed by atoms with Crippen LogP contribution in [0.4, 0.5) is 4.79 Å². The van der Waals surface area contributed by atoms with E-state index in [9.17, 15) is 20.1 Å². The molecule has 11 heteroatoms. The summed E-state index contributed by atoms with van der Waals surface area (Å²) < 4.78 is 60.5. The minimum absolute atomic E-state index is 0.0592. The lowest BCUT2D eigenvalue weighted by Gasteiger charge is -2.39. The molecule has 0 bridgehead atoms. The minimum atomic E-state index is -2.59. The van der Waals surface area contributed by atoms with Crippen LogP contribution in [0.2, 0.25) is 0 Å². The molecule has 37 heavy (non-hydrogen) atoms. The van der Waals surface area contributed by atoms with E-state index in [0.717, 1.165) is 0 Å². The van der Waals surface area contributed by atoms with Gasteiger partial charge < -0.3 is 39.0 Å². The lowest BCUT2D eigenvalue weighted by atomic mass is 9.99. The van der Waals surface area contributed by atoms with Crippen LogP contribution in [0.3, 0.4) is 0 Å². The number of benzene rings is 1. The second-order valence-corrected chi connectivity index (χ2v) is 9.13. The van der Waals surface area contributed by atoms with Crippen molar-refractivity contribution >= 4 is 6.16 Å². The normalized spacial score (nSPS) is 26.0. The van der Waals surface area contributed by atoms with Crippen molar-refractivity contribution in [1.82, 2.24) is 9.78 Å². The molecule has 1 saturated heterocycles. The zero-order chi connectivity index (χ0) is 30.7. The number of rotatable bonds is 10. The molecule has 0 aliphatic carbocycles. The number of carbonyl (C=O) groups is 1. The van der Waals surface area contributed by atoms with Gasteiger partial charge in [0.25, 0.3) is 0 Å². The molecule has 1 aliphatic heterocycles. The van der Waals surface area contributed by atoms with Crippen molar-refractivity contribution in [2.24, 2.45) is 0 Å². The van der Waals surface area contributed by atoms with E-state index >= 15 is 0 Å². The predicted octanol–water partition coefficient (Wildman–Crippen LogP) is 2.51. The molecule has 1 aliphatic rings. The second-order valence-electron chi connectivity index (χ2n) is 9.13. The summed E-state index contributed by atoms with van der Waals surface area (Å²) in [5.41, 5.74) is 0.798. The second kappa shape index (κ2) is 12.6. The summed E-state index contributed by atoms with van der Waals surface area (Å²) in [6.45, 7) is 5.23. The summed E-state index contributed by atoms with van der Waals surface area (Å²) in [5, 5.41) is 35.8. The van der Waals surface area contributed by atoms with Crippen molar-refractivity contribution in [2.75, 3.05) is 13.2 Å². The molecule has 2 heterocycles. The fourth-order valence-corrected chi connectivity index (χ4v) is 3.76. The summed E-state index contributed by atoms with van der Waals surface area (Å²) in [6.07, 6.45) is -10.1. The fourth-order valence-electron chi connectivity index (χ4n) is 3.76. The third-order valence-electron chi connectivity index (χ3n) is 5.61. The maximum atomic E-state index is 11.6. The number of nitrogens with zero attached hydrogens (tertiary/aromatic N) is 2. The number of aliphatic hydroxyl groups is 3. The number of carbonyl (C=O) groups excluding carboxylic acids is 1. The SMILES string of the molecule is [2H]C(C)(C)Oc1ccc(Cc2c(O[C@@H]3O[C@H](COC(=O)OCC)[C@@H](O)[C@H](O)[C@H]3O)nn(C(C)C)c2C([2H])([2H])[2H])cc1. The molecular formula is C26H38N2O9. The number of ether oxygens (including phenoxy) is 5. The van der Waals surface area contributed by atoms with E-state index in [1.54, 1.807) is 58.9 Å². The zero-order valence-electron chi connectivity index (χ0n) is 25.6. The highest BCUT2D eigenvalue weighted by atomic mass is 16.7. The van der Waals surface area contributed by atoms with Gasteiger partial charge in [0.15, 0.2) is 0 Å². The maximum Gasteiger partial charge on any atom is 0.508 e. The van der Waals surface area contributed by atoms with Crippen LogP contribution in [0.25, 0.3) is 0 Å². The van der Waals surface area contributed by atoms with E-state index in [4.69, 9.17) is 24.4 Å². The van der Waals surface area contributed by atoms with Crippen LogP contribution in [0.5, 0.6) is 11.6 Å². The van der Waals surface area contributed by atoms with Gasteiger partial charge in [-0.15, -0.1) is 5.10 Å². The Kier molecular flexibility index (Phi) is 7.92. The summed E-state index contributed by atoms with van der Waals surface area (Å²) in [7, 11) is 0. The smallest absolute Gasteiger partial charge is 0.491 e. The molecule has 3 rings (SSSR count). The summed E-state index contributed by atoms with van der Waals surface area (Å²) in [6, 6.07) is 6.37. The lowest BCUT2D eigenvalue weighted by molar-refractivity contribution is -0.278. The molecule has 3 N–H and O–H groups in total. The molecule has 0 radical (unpaired) electrons. The van der Waals surface area contributed by atoms with E-state index in [2.05, 4.69) is 9.84 Å². The van der Waals surface area contributed by atoms with Crippen LogP contribution in [-0.4, -0.2) is 81.3 Å². The monoisotopic (exact) mass is 526 g/mol. The predicted molar refractivity (Wildman–Crippen MR) is 133 cm³/mol. The first-order valence-corrected chi connectivity index (χ1v) is 12.1. The van der Waals surface area contributed by atoms with E-state index in [1.165, 1.54) is 4.68 Å². The van der Waals surface area contributed by atoms with Crippen molar-refractivity contribution in [2.45, 2.75) is 90.7 Å². The summed E-state index contributed by atoms with van der Waals surface area (Å²) in [4.78, 5) is 11.6. The van der Waals surface area contributed by atoms with Gasteiger partial charge in [0, 0.05) is 27.8 Å². The molecule has 11 nitrogen and oxygen atoms in total. The molecule has 1 aromatic carbocycles. The highest BCUT2D eigenvalue weighted by Crippen LogP contribution is 2.31. The average molecular weight is 527 g/mol. The first-order valence-electron chi connectivity index (χ1n) is 14.1. The summed E-state index contributed by atoms with van der Waals surface area (Å²) >= 11 is 0. The first kappa shape index (κ1) is 23.3. The van der Waals surface area contributed by atoms with Crippen molar-refractivity contribution in [1.29, 1.82) is 0 Å². The van der Waals surface area contributed by atoms with Gasteiger partial charge >= 0.3 is 6.16 Å². The van der Waals surface area contributed by atoms with Crippen LogP contribution in [0, 0.1) is 6.85 Å². The third-order valence-corrected chi connectivity index (χ3v) is 5.61. The van der Waals surface area contributed by atoms with Crippen molar-refractivity contribution in [3.8, 4) is 11.6 Å². The Morgan fingerprint density at radius 1 is 1.14 bits per heavy atom. The topological polar surface area (TPSA) is 142 Å². The van der Waals surface area contributed by atoms with E-state index < -0.39 is 56.4 Å². The molecule has 1 fully saturated rings. The van der Waals surface area contributed by atoms with E-state index in [-0.39, 0.29) is 36.2 Å². The Morgan fingerprint density at radius 3 is 2.43 bits per heavy atom. The maximum absolute atomic E-state index is 11.6. The molecule has 0 spiro atoms. The Labute approximate surface area is 222 Å². The number of hydrogen-bond donors (Lipinski definition) is 3. The van der Waals surface area contributed by atoms with Gasteiger partial charge in [-0.05, 0) is 59.2 Å². The Bertz CT molecular complexity index is 1170. The van der Waals surface area contributed by atoms with Gasteiger partial charge in [0.05, 0.1) is 14.1 Å². The van der Waals surface area contributed by atoms with Gasteiger partial charge in [-0.1, -0.05) is 12.1 Å². The Morgan fingerprint density at radius 2 is 1.84 bits per heavy atom. The highest BCUT2D eigenvalue weighted by Gasteiger charge is 2.46. The summed E-state index contributed by atoms with van der Waals surface area (Å²) in [5.74, 6) is 0.302. The van der Waals surface area contributed by atoms with Crippen LogP contribution in [0.15, 0.2) is 24.3 Å². The number of aromatic nitrogens is 2. The zero-order valence-corrected chi connectivity index (χ0v) is 21.6. The van der Waals surface area contributed by atoms with E-state index in [0.29, 0.717) is 11.3 Å². The average Bonchev–Trinajstić information content (AvgIpc) is 3.22. The largest absolute Gasteiger partial charge is 0.508 e. The molecule has 2 aromatic rings. The van der Waals surface area contributed by atoms with Gasteiger partial charge in [-0.3, -0.25) is 4.68 Å². The van der Waals surface area contributed by atoms with Crippen LogP contribution in [0.1, 0.15) is 63.0 Å². The van der Waals surface area contributed by atoms with Gasteiger partial charge in [-0.2, -0.15) is 0 Å². The van der Waals surface area contributed by atoms with Gasteiger partial charge in [0.1, 0.15) is 36.8 Å².